The minimum atomic E-state index is -0.279. The lowest BCUT2D eigenvalue weighted by Crippen LogP contribution is -2.48. The number of hydrogen-bond acceptors (Lipinski definition) is 3. The zero-order valence-electron chi connectivity index (χ0n) is 10.9. The highest BCUT2D eigenvalue weighted by molar-refractivity contribution is 9.10. The van der Waals surface area contributed by atoms with E-state index in [9.17, 15) is 4.39 Å². The van der Waals surface area contributed by atoms with E-state index in [1.807, 2.05) is 6.07 Å². The molecule has 0 amide bonds. The van der Waals surface area contributed by atoms with E-state index in [0.29, 0.717) is 12.5 Å². The van der Waals surface area contributed by atoms with Crippen LogP contribution in [0.25, 0.3) is 0 Å². The van der Waals surface area contributed by atoms with E-state index in [2.05, 4.69) is 32.7 Å². The molecule has 1 aliphatic heterocycles. The maximum absolute atomic E-state index is 13.3. The number of nitrogens with two attached hydrogens (primary N) is 1. The van der Waals surface area contributed by atoms with Gasteiger partial charge in [-0.2, -0.15) is 0 Å². The number of aliphatic imine (C=N–C) groups is 1. The first kappa shape index (κ1) is 12.9. The second-order valence-corrected chi connectivity index (χ2v) is 6.48. The molecule has 0 saturated heterocycles. The monoisotopic (exact) mass is 325 g/mol. The zero-order chi connectivity index (χ0) is 13.6. The van der Waals surface area contributed by atoms with E-state index in [-0.39, 0.29) is 11.4 Å². The van der Waals surface area contributed by atoms with Crippen LogP contribution in [0.15, 0.2) is 27.7 Å². The molecule has 2 N–H and O–H groups in total. The third kappa shape index (κ3) is 2.24. The van der Waals surface area contributed by atoms with Crippen LogP contribution in [-0.4, -0.2) is 23.9 Å². The SMILES string of the molecule is CC1(c2ccc(F)cc2Br)CN=C(N)N1CC1CC1. The molecule has 0 radical (unpaired) electrons. The largest absolute Gasteiger partial charge is 0.370 e. The first-order valence-electron chi connectivity index (χ1n) is 6.54. The lowest BCUT2D eigenvalue weighted by molar-refractivity contribution is 0.216. The lowest BCUT2D eigenvalue weighted by Gasteiger charge is -2.37. The maximum Gasteiger partial charge on any atom is 0.192 e. The minimum Gasteiger partial charge on any atom is -0.370 e. The Bertz CT molecular complexity index is 541. The van der Waals surface area contributed by atoms with Gasteiger partial charge in [0.15, 0.2) is 5.96 Å². The Morgan fingerprint density at radius 2 is 2.26 bits per heavy atom. The first-order chi connectivity index (χ1) is 9.00. The fourth-order valence-electron chi connectivity index (χ4n) is 2.67. The molecule has 1 fully saturated rings. The molecule has 1 aliphatic carbocycles. The van der Waals surface area contributed by atoms with Gasteiger partial charge in [0.2, 0.25) is 0 Å². The smallest absolute Gasteiger partial charge is 0.192 e. The minimum absolute atomic E-state index is 0.236. The Labute approximate surface area is 120 Å². The van der Waals surface area contributed by atoms with Crippen LogP contribution in [0.5, 0.6) is 0 Å². The summed E-state index contributed by atoms with van der Waals surface area (Å²) in [5.41, 5.74) is 6.80. The number of halogens is 2. The standard InChI is InChI=1S/C14H17BrFN3/c1-14(11-5-4-10(16)6-12(11)15)8-18-13(17)19(14)7-9-2-3-9/h4-6,9H,2-3,7-8H2,1H3,(H2,17,18). The van der Waals surface area contributed by atoms with Gasteiger partial charge in [0.1, 0.15) is 5.82 Å². The average Bonchev–Trinajstić information content (AvgIpc) is 3.11. The molecule has 1 aromatic carbocycles. The summed E-state index contributed by atoms with van der Waals surface area (Å²) in [4.78, 5) is 6.57. The summed E-state index contributed by atoms with van der Waals surface area (Å²) < 4.78 is 14.0. The van der Waals surface area contributed by atoms with Gasteiger partial charge in [-0.05, 0) is 43.4 Å². The van der Waals surface area contributed by atoms with Crippen LogP contribution < -0.4 is 5.73 Å². The molecule has 0 spiro atoms. The molecular weight excluding hydrogens is 309 g/mol. The van der Waals surface area contributed by atoms with Crippen molar-refractivity contribution in [3.63, 3.8) is 0 Å². The van der Waals surface area contributed by atoms with E-state index < -0.39 is 0 Å². The zero-order valence-corrected chi connectivity index (χ0v) is 12.5. The van der Waals surface area contributed by atoms with Gasteiger partial charge in [-0.15, -0.1) is 0 Å². The Balaban J connectivity index is 1.96. The fourth-order valence-corrected chi connectivity index (χ4v) is 3.45. The predicted molar refractivity (Wildman–Crippen MR) is 77.4 cm³/mol. The van der Waals surface area contributed by atoms with Crippen molar-refractivity contribution in [3.05, 3.63) is 34.1 Å². The van der Waals surface area contributed by atoms with Crippen LogP contribution in [0.3, 0.4) is 0 Å². The van der Waals surface area contributed by atoms with Crippen LogP contribution in [0.1, 0.15) is 25.3 Å². The van der Waals surface area contributed by atoms with Crippen LogP contribution in [-0.2, 0) is 5.54 Å². The Hall–Kier alpha value is -1.10. The highest BCUT2D eigenvalue weighted by Crippen LogP contribution is 2.40. The van der Waals surface area contributed by atoms with Crippen molar-refractivity contribution in [1.29, 1.82) is 0 Å². The number of nitrogens with zero attached hydrogens (tertiary/aromatic N) is 2. The molecule has 19 heavy (non-hydrogen) atoms. The first-order valence-corrected chi connectivity index (χ1v) is 7.33. The van der Waals surface area contributed by atoms with Crippen molar-refractivity contribution in [3.8, 4) is 0 Å². The van der Waals surface area contributed by atoms with Gasteiger partial charge in [-0.3, -0.25) is 4.99 Å². The third-order valence-electron chi connectivity index (χ3n) is 4.07. The van der Waals surface area contributed by atoms with E-state index in [1.54, 1.807) is 0 Å². The number of guanidine groups is 1. The van der Waals surface area contributed by atoms with Crippen molar-refractivity contribution in [1.82, 2.24) is 4.90 Å². The normalized spacial score (nSPS) is 26.7. The molecule has 1 heterocycles. The fraction of sp³-hybridized carbons (Fsp3) is 0.500. The molecule has 0 aromatic heterocycles. The van der Waals surface area contributed by atoms with Gasteiger partial charge in [0, 0.05) is 11.0 Å². The molecule has 1 saturated carbocycles. The molecule has 1 unspecified atom stereocenters. The third-order valence-corrected chi connectivity index (χ3v) is 4.73. The molecular formula is C14H17BrFN3. The van der Waals surface area contributed by atoms with Gasteiger partial charge < -0.3 is 10.6 Å². The number of rotatable bonds is 3. The average molecular weight is 326 g/mol. The van der Waals surface area contributed by atoms with Gasteiger partial charge in [-0.1, -0.05) is 22.0 Å². The van der Waals surface area contributed by atoms with Crippen LogP contribution >= 0.6 is 15.9 Å². The van der Waals surface area contributed by atoms with E-state index in [1.165, 1.54) is 25.0 Å². The van der Waals surface area contributed by atoms with Crippen LogP contribution in [0.4, 0.5) is 4.39 Å². The van der Waals surface area contributed by atoms with Crippen molar-refractivity contribution >= 4 is 21.9 Å². The van der Waals surface area contributed by atoms with Crippen molar-refractivity contribution in [2.75, 3.05) is 13.1 Å². The summed E-state index contributed by atoms with van der Waals surface area (Å²) in [7, 11) is 0. The van der Waals surface area contributed by atoms with Crippen molar-refractivity contribution < 1.29 is 4.39 Å². The molecule has 102 valence electrons. The van der Waals surface area contributed by atoms with Crippen molar-refractivity contribution in [2.24, 2.45) is 16.6 Å². The van der Waals surface area contributed by atoms with Gasteiger partial charge in [0.05, 0.1) is 12.1 Å². The highest BCUT2D eigenvalue weighted by Gasteiger charge is 2.42. The van der Waals surface area contributed by atoms with Gasteiger partial charge in [0.25, 0.3) is 0 Å². The van der Waals surface area contributed by atoms with Crippen LogP contribution in [0, 0.1) is 11.7 Å². The second-order valence-electron chi connectivity index (χ2n) is 5.63. The highest BCUT2D eigenvalue weighted by atomic mass is 79.9. The van der Waals surface area contributed by atoms with Gasteiger partial charge >= 0.3 is 0 Å². The summed E-state index contributed by atoms with van der Waals surface area (Å²) in [5.74, 6) is 1.09. The quantitative estimate of drug-likeness (QED) is 0.928. The molecule has 1 aromatic rings. The maximum atomic E-state index is 13.3. The Morgan fingerprint density at radius 1 is 1.53 bits per heavy atom. The van der Waals surface area contributed by atoms with E-state index in [4.69, 9.17) is 5.73 Å². The molecule has 3 rings (SSSR count). The summed E-state index contributed by atoms with van der Waals surface area (Å²) >= 11 is 3.46. The summed E-state index contributed by atoms with van der Waals surface area (Å²) in [6.45, 7) is 3.68. The van der Waals surface area contributed by atoms with E-state index in [0.717, 1.165) is 22.5 Å². The second kappa shape index (κ2) is 4.47. The molecule has 2 aliphatic rings. The van der Waals surface area contributed by atoms with Gasteiger partial charge in [-0.25, -0.2) is 4.39 Å². The van der Waals surface area contributed by atoms with Crippen molar-refractivity contribution in [2.45, 2.75) is 25.3 Å². The summed E-state index contributed by atoms with van der Waals surface area (Å²) in [6.07, 6.45) is 2.54. The number of benzene rings is 1. The summed E-state index contributed by atoms with van der Waals surface area (Å²) in [5, 5.41) is 0. The Kier molecular flexibility index (Phi) is 3.04. The van der Waals surface area contributed by atoms with E-state index >= 15 is 0 Å². The molecule has 3 nitrogen and oxygen atoms in total. The number of hydrogen-bond donors (Lipinski definition) is 1. The molecule has 1 atom stereocenters. The lowest BCUT2D eigenvalue weighted by atomic mass is 9.91. The summed E-state index contributed by atoms with van der Waals surface area (Å²) in [6, 6.07) is 4.83. The predicted octanol–water partition coefficient (Wildman–Crippen LogP) is 2.84. The molecule has 5 heteroatoms. The van der Waals surface area contributed by atoms with Crippen LogP contribution in [0.2, 0.25) is 0 Å². The Morgan fingerprint density at radius 3 is 2.89 bits per heavy atom. The molecule has 0 bridgehead atoms. The topological polar surface area (TPSA) is 41.6 Å².